The zero-order valence-corrected chi connectivity index (χ0v) is 11.8. The van der Waals surface area contributed by atoms with Gasteiger partial charge in [0.15, 0.2) is 0 Å². The van der Waals surface area contributed by atoms with Gasteiger partial charge >= 0.3 is 5.97 Å². The second-order valence-corrected chi connectivity index (χ2v) is 5.58. The number of nitrogens with one attached hydrogen (secondary N) is 1. The third-order valence-corrected chi connectivity index (χ3v) is 3.61. The van der Waals surface area contributed by atoms with Crippen molar-refractivity contribution in [3.05, 3.63) is 24.0 Å². The molecule has 7 nitrogen and oxygen atoms in total. The predicted octanol–water partition coefficient (Wildman–Crippen LogP) is -0.443. The van der Waals surface area contributed by atoms with Crippen molar-refractivity contribution in [3.8, 4) is 0 Å². The Hall–Kier alpha value is -1.58. The molecule has 1 aromatic heterocycles. The van der Waals surface area contributed by atoms with Gasteiger partial charge in [-0.1, -0.05) is 12.2 Å². The molecule has 1 heterocycles. The van der Waals surface area contributed by atoms with E-state index in [-0.39, 0.29) is 16.5 Å². The molecular weight excluding hydrogens is 290 g/mol. The van der Waals surface area contributed by atoms with E-state index in [1.165, 1.54) is 12.1 Å². The number of ether oxygens (including phenoxy) is 1. The molecule has 0 saturated carbocycles. The predicted molar refractivity (Wildman–Crippen MR) is 71.9 cm³/mol. The highest BCUT2D eigenvalue weighted by Crippen LogP contribution is 2.07. The average Bonchev–Trinajstić information content (AvgIpc) is 2.37. The number of carbonyl (C=O) groups is 1. The molecule has 0 atom stereocenters. The van der Waals surface area contributed by atoms with E-state index in [0.717, 1.165) is 6.20 Å². The quantitative estimate of drug-likeness (QED) is 0.541. The van der Waals surface area contributed by atoms with Gasteiger partial charge in [-0.2, -0.15) is 4.72 Å². The third kappa shape index (κ3) is 4.54. The molecule has 1 rings (SSSR count). The highest BCUT2D eigenvalue weighted by Gasteiger charge is 2.16. The Morgan fingerprint density at radius 3 is 2.68 bits per heavy atom. The zero-order chi connectivity index (χ0) is 14.5. The van der Waals surface area contributed by atoms with E-state index in [1.807, 2.05) is 0 Å². The van der Waals surface area contributed by atoms with Crippen LogP contribution in [0.5, 0.6) is 0 Å². The van der Waals surface area contributed by atoms with Gasteiger partial charge in [0.2, 0.25) is 10.0 Å². The normalized spacial score (nSPS) is 11.0. The summed E-state index contributed by atoms with van der Waals surface area (Å²) in [6.07, 6.45) is 1.11. The minimum atomic E-state index is -3.81. The number of aromatic nitrogens is 1. The molecule has 0 aromatic carbocycles. The Labute approximate surface area is 116 Å². The maximum Gasteiger partial charge on any atom is 0.321 e. The second-order valence-electron chi connectivity index (χ2n) is 3.37. The van der Waals surface area contributed by atoms with Crippen LogP contribution >= 0.6 is 12.2 Å². The molecule has 3 N–H and O–H groups in total. The molecule has 0 fully saturated rings. The van der Waals surface area contributed by atoms with E-state index in [9.17, 15) is 13.2 Å². The molecule has 104 valence electrons. The van der Waals surface area contributed by atoms with E-state index in [2.05, 4.69) is 14.4 Å². The molecule has 0 radical (unpaired) electrons. The number of esters is 1. The van der Waals surface area contributed by atoms with Crippen LogP contribution in [-0.4, -0.2) is 37.5 Å². The average molecular weight is 303 g/mol. The summed E-state index contributed by atoms with van der Waals surface area (Å²) in [7, 11) is -3.81. The number of hydrogen-bond donors (Lipinski definition) is 2. The fourth-order valence-electron chi connectivity index (χ4n) is 1.13. The van der Waals surface area contributed by atoms with Gasteiger partial charge in [-0.05, 0) is 19.1 Å². The summed E-state index contributed by atoms with van der Waals surface area (Å²) >= 11 is 4.70. The molecule has 0 saturated heterocycles. The number of nitrogens with zero attached hydrogens (tertiary/aromatic N) is 1. The molecule has 0 aliphatic carbocycles. The van der Waals surface area contributed by atoms with Crippen LogP contribution in [0.3, 0.4) is 0 Å². The maximum atomic E-state index is 11.8. The Bertz CT molecular complexity index is 569. The molecule has 0 bridgehead atoms. The van der Waals surface area contributed by atoms with Crippen molar-refractivity contribution in [2.45, 2.75) is 11.8 Å². The van der Waals surface area contributed by atoms with Gasteiger partial charge in [-0.3, -0.25) is 9.78 Å². The molecule has 0 spiro atoms. The van der Waals surface area contributed by atoms with Gasteiger partial charge < -0.3 is 10.5 Å². The van der Waals surface area contributed by atoms with Crippen molar-refractivity contribution in [1.29, 1.82) is 0 Å². The van der Waals surface area contributed by atoms with Crippen LogP contribution in [0.2, 0.25) is 0 Å². The van der Waals surface area contributed by atoms with Crippen LogP contribution in [0.25, 0.3) is 0 Å². The highest BCUT2D eigenvalue weighted by atomic mass is 32.2. The summed E-state index contributed by atoms with van der Waals surface area (Å²) in [4.78, 5) is 14.9. The highest BCUT2D eigenvalue weighted by molar-refractivity contribution is 7.89. The number of carbonyl (C=O) groups excluding carboxylic acids is 1. The standard InChI is InChI=1S/C10H13N3O4S2/c1-2-17-9(14)6-13-19(15,16)7-3-4-8(10(11)18)12-5-7/h3-5,13H,2,6H2,1H3,(H2,11,18). The topological polar surface area (TPSA) is 111 Å². The third-order valence-electron chi connectivity index (χ3n) is 2.01. The van der Waals surface area contributed by atoms with Gasteiger partial charge in [0, 0.05) is 6.20 Å². The van der Waals surface area contributed by atoms with Crippen LogP contribution < -0.4 is 10.5 Å². The van der Waals surface area contributed by atoms with Crippen LogP contribution in [0.1, 0.15) is 12.6 Å². The fourth-order valence-corrected chi connectivity index (χ4v) is 2.17. The van der Waals surface area contributed by atoms with Crippen molar-refractivity contribution in [2.24, 2.45) is 5.73 Å². The van der Waals surface area contributed by atoms with Gasteiger partial charge in [-0.25, -0.2) is 8.42 Å². The lowest BCUT2D eigenvalue weighted by Crippen LogP contribution is -2.30. The van der Waals surface area contributed by atoms with Crippen molar-refractivity contribution < 1.29 is 17.9 Å². The lowest BCUT2D eigenvalue weighted by Gasteiger charge is -2.06. The van der Waals surface area contributed by atoms with E-state index in [0.29, 0.717) is 5.69 Å². The van der Waals surface area contributed by atoms with Crippen LogP contribution in [0.15, 0.2) is 23.2 Å². The summed E-state index contributed by atoms with van der Waals surface area (Å²) < 4.78 is 30.3. The van der Waals surface area contributed by atoms with Crippen LogP contribution in [-0.2, 0) is 19.6 Å². The number of hydrogen-bond acceptors (Lipinski definition) is 6. The Kier molecular flexibility index (Phi) is 5.33. The summed E-state index contributed by atoms with van der Waals surface area (Å²) in [6, 6.07) is 2.69. The summed E-state index contributed by atoms with van der Waals surface area (Å²) in [5, 5.41) is 0. The Morgan fingerprint density at radius 2 is 2.21 bits per heavy atom. The van der Waals surface area contributed by atoms with Gasteiger partial charge in [0.1, 0.15) is 16.4 Å². The number of pyridine rings is 1. The van der Waals surface area contributed by atoms with E-state index < -0.39 is 22.5 Å². The SMILES string of the molecule is CCOC(=O)CNS(=O)(=O)c1ccc(C(N)=S)nc1. The van der Waals surface area contributed by atoms with Crippen LogP contribution in [0.4, 0.5) is 0 Å². The van der Waals surface area contributed by atoms with Gasteiger partial charge in [0.25, 0.3) is 0 Å². The second kappa shape index (κ2) is 6.55. The molecule has 9 heteroatoms. The van der Waals surface area contributed by atoms with Crippen LogP contribution in [0, 0.1) is 0 Å². The molecule has 0 aliphatic rings. The maximum absolute atomic E-state index is 11.8. The number of thiocarbonyl (C=S) groups is 1. The first-order chi connectivity index (χ1) is 8.86. The van der Waals surface area contributed by atoms with Crippen molar-refractivity contribution in [1.82, 2.24) is 9.71 Å². The van der Waals surface area contributed by atoms with Crippen molar-refractivity contribution >= 4 is 33.2 Å². The smallest absolute Gasteiger partial charge is 0.321 e. The molecule has 19 heavy (non-hydrogen) atoms. The molecule has 1 aromatic rings. The number of nitrogens with two attached hydrogens (primary N) is 1. The lowest BCUT2D eigenvalue weighted by atomic mass is 10.3. The Balaban J connectivity index is 2.77. The molecule has 0 amide bonds. The van der Waals surface area contributed by atoms with E-state index in [4.69, 9.17) is 18.0 Å². The van der Waals surface area contributed by atoms with Crippen molar-refractivity contribution in [3.63, 3.8) is 0 Å². The van der Waals surface area contributed by atoms with Gasteiger partial charge in [0.05, 0.1) is 12.3 Å². The molecular formula is C10H13N3O4S2. The largest absolute Gasteiger partial charge is 0.465 e. The zero-order valence-electron chi connectivity index (χ0n) is 10.1. The first-order valence-electron chi connectivity index (χ1n) is 5.28. The monoisotopic (exact) mass is 303 g/mol. The minimum absolute atomic E-state index is 0.0726. The summed E-state index contributed by atoms with van der Waals surface area (Å²) in [5.41, 5.74) is 5.67. The Morgan fingerprint density at radius 1 is 1.53 bits per heavy atom. The van der Waals surface area contributed by atoms with E-state index in [1.54, 1.807) is 6.92 Å². The fraction of sp³-hybridized carbons (Fsp3) is 0.300. The van der Waals surface area contributed by atoms with Gasteiger partial charge in [-0.15, -0.1) is 0 Å². The van der Waals surface area contributed by atoms with E-state index >= 15 is 0 Å². The van der Waals surface area contributed by atoms with Crippen molar-refractivity contribution in [2.75, 3.05) is 13.2 Å². The summed E-state index contributed by atoms with van der Waals surface area (Å²) in [5.74, 6) is -0.654. The summed E-state index contributed by atoms with van der Waals surface area (Å²) in [6.45, 7) is 1.38. The number of rotatable bonds is 6. The first kappa shape index (κ1) is 15.5. The number of sulfonamides is 1. The molecule has 0 aliphatic heterocycles. The first-order valence-corrected chi connectivity index (χ1v) is 7.17. The lowest BCUT2D eigenvalue weighted by molar-refractivity contribution is -0.141. The minimum Gasteiger partial charge on any atom is -0.465 e. The molecule has 0 unspecified atom stereocenters.